The number of rotatable bonds is 4. The van der Waals surface area contributed by atoms with Gasteiger partial charge in [0.05, 0.1) is 11.5 Å². The molecule has 0 spiro atoms. The van der Waals surface area contributed by atoms with E-state index in [2.05, 4.69) is 10.9 Å². The number of thiophene rings is 1. The quantitative estimate of drug-likeness (QED) is 0.721. The van der Waals surface area contributed by atoms with E-state index >= 15 is 0 Å². The van der Waals surface area contributed by atoms with Gasteiger partial charge in [-0.15, -0.1) is 11.3 Å². The van der Waals surface area contributed by atoms with Crippen LogP contribution in [-0.2, 0) is 11.3 Å². The molecule has 2 amide bonds. The molecule has 118 valence electrons. The number of carbonyl (C=O) groups excluding carboxylic acids is 2. The first-order chi connectivity index (χ1) is 11.2. The molecule has 23 heavy (non-hydrogen) atoms. The molecule has 3 rings (SSSR count). The molecular weight excluding hydrogens is 316 g/mol. The molecule has 6 nitrogen and oxygen atoms in total. The van der Waals surface area contributed by atoms with Crippen molar-refractivity contribution in [3.8, 4) is 0 Å². The van der Waals surface area contributed by atoms with Gasteiger partial charge in [-0.2, -0.15) is 0 Å². The Hall–Kier alpha value is -2.64. The first kappa shape index (κ1) is 15.3. The summed E-state index contributed by atoms with van der Waals surface area (Å²) in [6.45, 7) is 0.235. The van der Waals surface area contributed by atoms with Crippen molar-refractivity contribution in [3.63, 3.8) is 0 Å². The van der Waals surface area contributed by atoms with Crippen LogP contribution in [0.2, 0.25) is 0 Å². The Labute approximate surface area is 136 Å². The highest BCUT2D eigenvalue weighted by molar-refractivity contribution is 7.12. The zero-order valence-corrected chi connectivity index (χ0v) is 13.1. The van der Waals surface area contributed by atoms with Crippen LogP contribution in [0.25, 0.3) is 11.0 Å². The zero-order valence-electron chi connectivity index (χ0n) is 12.3. The van der Waals surface area contributed by atoms with Crippen LogP contribution in [0, 0.1) is 0 Å². The van der Waals surface area contributed by atoms with Crippen LogP contribution in [-0.4, -0.2) is 18.9 Å². The molecule has 0 bridgehead atoms. The Bertz CT molecular complexity index is 839. The molecule has 0 aliphatic heterocycles. The van der Waals surface area contributed by atoms with Crippen LogP contribution in [0.15, 0.2) is 46.2 Å². The second-order valence-electron chi connectivity index (χ2n) is 4.72. The summed E-state index contributed by atoms with van der Waals surface area (Å²) in [5.41, 5.74) is 5.97. The smallest absolute Gasteiger partial charge is 0.305 e. The van der Waals surface area contributed by atoms with E-state index in [4.69, 9.17) is 9.15 Å². The standard InChI is InChI=1S/C16H14N2O4S/c1-21-9-11-10-5-2-3-6-12(10)22-14(11)16(20)18-17-15(19)13-7-4-8-23-13/h2-8H,9H2,1H3,(H,17,19)(H,18,20). The van der Waals surface area contributed by atoms with Crippen molar-refractivity contribution in [3.05, 3.63) is 58.0 Å². The number of methoxy groups -OCH3 is 1. The molecule has 3 aromatic rings. The lowest BCUT2D eigenvalue weighted by Crippen LogP contribution is -2.41. The lowest BCUT2D eigenvalue weighted by atomic mass is 10.1. The predicted octanol–water partition coefficient (Wildman–Crippen LogP) is 2.72. The van der Waals surface area contributed by atoms with Crippen LogP contribution in [0.3, 0.4) is 0 Å². The summed E-state index contributed by atoms with van der Waals surface area (Å²) in [6, 6.07) is 10.7. The fourth-order valence-corrected chi connectivity index (χ4v) is 2.83. The van der Waals surface area contributed by atoms with Crippen molar-refractivity contribution in [1.82, 2.24) is 10.9 Å². The summed E-state index contributed by atoms with van der Waals surface area (Å²) in [5.74, 6) is -0.782. The molecule has 0 atom stereocenters. The molecule has 2 heterocycles. The molecule has 2 aromatic heterocycles. The Morgan fingerprint density at radius 2 is 1.91 bits per heavy atom. The Kier molecular flexibility index (Phi) is 4.40. The van der Waals surface area contributed by atoms with Crippen LogP contribution < -0.4 is 10.9 Å². The number of ether oxygens (including phenoxy) is 1. The second kappa shape index (κ2) is 6.64. The number of amides is 2. The minimum Gasteiger partial charge on any atom is -0.450 e. The molecule has 0 fully saturated rings. The van der Waals surface area contributed by atoms with Gasteiger partial charge in [0, 0.05) is 18.1 Å². The van der Waals surface area contributed by atoms with Gasteiger partial charge < -0.3 is 9.15 Å². The molecule has 0 aliphatic rings. The molecule has 0 radical (unpaired) electrons. The van der Waals surface area contributed by atoms with Gasteiger partial charge in [0.1, 0.15) is 5.58 Å². The molecule has 0 aliphatic carbocycles. The Morgan fingerprint density at radius 1 is 1.13 bits per heavy atom. The van der Waals surface area contributed by atoms with E-state index in [9.17, 15) is 9.59 Å². The first-order valence-electron chi connectivity index (χ1n) is 6.84. The van der Waals surface area contributed by atoms with Crippen molar-refractivity contribution < 1.29 is 18.7 Å². The first-order valence-corrected chi connectivity index (χ1v) is 7.72. The van der Waals surface area contributed by atoms with E-state index in [1.54, 1.807) is 30.7 Å². The maximum absolute atomic E-state index is 12.3. The van der Waals surface area contributed by atoms with Crippen LogP contribution in [0.4, 0.5) is 0 Å². The molecular formula is C16H14N2O4S. The van der Waals surface area contributed by atoms with Gasteiger partial charge in [-0.05, 0) is 17.5 Å². The summed E-state index contributed by atoms with van der Waals surface area (Å²) in [6.07, 6.45) is 0. The third kappa shape index (κ3) is 3.10. The second-order valence-corrected chi connectivity index (χ2v) is 5.67. The summed E-state index contributed by atoms with van der Waals surface area (Å²) in [5, 5.41) is 2.59. The van der Waals surface area contributed by atoms with Gasteiger partial charge in [-0.25, -0.2) is 0 Å². The van der Waals surface area contributed by atoms with Crippen LogP contribution >= 0.6 is 11.3 Å². The molecule has 7 heteroatoms. The molecule has 1 aromatic carbocycles. The summed E-state index contributed by atoms with van der Waals surface area (Å²) >= 11 is 1.29. The third-order valence-corrected chi connectivity index (χ3v) is 4.10. The van der Waals surface area contributed by atoms with E-state index in [0.29, 0.717) is 16.0 Å². The van der Waals surface area contributed by atoms with E-state index < -0.39 is 5.91 Å². The van der Waals surface area contributed by atoms with Crippen molar-refractivity contribution in [2.75, 3.05) is 7.11 Å². The minimum absolute atomic E-state index is 0.125. The maximum atomic E-state index is 12.3. The van der Waals surface area contributed by atoms with Crippen molar-refractivity contribution in [2.24, 2.45) is 0 Å². The largest absolute Gasteiger partial charge is 0.450 e. The lowest BCUT2D eigenvalue weighted by Gasteiger charge is -2.06. The number of hydrogen-bond acceptors (Lipinski definition) is 5. The highest BCUT2D eigenvalue weighted by atomic mass is 32.1. The molecule has 0 saturated heterocycles. The van der Waals surface area contributed by atoms with E-state index in [1.807, 2.05) is 18.2 Å². The Morgan fingerprint density at radius 3 is 2.65 bits per heavy atom. The fraction of sp³-hybridized carbons (Fsp3) is 0.125. The number of hydrogen-bond donors (Lipinski definition) is 2. The minimum atomic E-state index is -0.529. The maximum Gasteiger partial charge on any atom is 0.305 e. The van der Waals surface area contributed by atoms with Crippen molar-refractivity contribution in [2.45, 2.75) is 6.61 Å². The monoisotopic (exact) mass is 330 g/mol. The average Bonchev–Trinajstić information content (AvgIpc) is 3.21. The Balaban J connectivity index is 1.80. The fourth-order valence-electron chi connectivity index (χ4n) is 2.21. The average molecular weight is 330 g/mol. The van der Waals surface area contributed by atoms with Crippen molar-refractivity contribution >= 4 is 34.1 Å². The third-order valence-electron chi connectivity index (χ3n) is 3.23. The number of carbonyl (C=O) groups is 2. The lowest BCUT2D eigenvalue weighted by molar-refractivity contribution is 0.0830. The molecule has 0 unspecified atom stereocenters. The van der Waals surface area contributed by atoms with E-state index in [1.165, 1.54) is 11.3 Å². The number of nitrogens with one attached hydrogen (secondary N) is 2. The van der Waals surface area contributed by atoms with E-state index in [0.717, 1.165) is 5.39 Å². The molecule has 0 saturated carbocycles. The number of fused-ring (bicyclic) bond motifs is 1. The van der Waals surface area contributed by atoms with Gasteiger partial charge >= 0.3 is 5.91 Å². The summed E-state index contributed by atoms with van der Waals surface area (Å²) in [7, 11) is 1.54. The SMILES string of the molecule is COCc1c(C(=O)NNC(=O)c2cccs2)oc2ccccc12. The van der Waals surface area contributed by atoms with E-state index in [-0.39, 0.29) is 18.3 Å². The number of hydrazine groups is 1. The van der Waals surface area contributed by atoms with Crippen LogP contribution in [0.5, 0.6) is 0 Å². The number of benzene rings is 1. The van der Waals surface area contributed by atoms with Gasteiger partial charge in [-0.1, -0.05) is 24.3 Å². The predicted molar refractivity (Wildman–Crippen MR) is 86.2 cm³/mol. The van der Waals surface area contributed by atoms with Gasteiger partial charge in [0.25, 0.3) is 5.91 Å². The van der Waals surface area contributed by atoms with Gasteiger partial charge in [-0.3, -0.25) is 20.4 Å². The summed E-state index contributed by atoms with van der Waals surface area (Å²) < 4.78 is 10.7. The topological polar surface area (TPSA) is 80.6 Å². The number of furan rings is 1. The van der Waals surface area contributed by atoms with Gasteiger partial charge in [0.15, 0.2) is 5.76 Å². The number of para-hydroxylation sites is 1. The highest BCUT2D eigenvalue weighted by Crippen LogP contribution is 2.26. The highest BCUT2D eigenvalue weighted by Gasteiger charge is 2.21. The summed E-state index contributed by atoms with van der Waals surface area (Å²) in [4.78, 5) is 24.7. The normalized spacial score (nSPS) is 10.7. The zero-order chi connectivity index (χ0) is 16.2. The van der Waals surface area contributed by atoms with Gasteiger partial charge in [0.2, 0.25) is 0 Å². The van der Waals surface area contributed by atoms with Crippen molar-refractivity contribution in [1.29, 1.82) is 0 Å². The van der Waals surface area contributed by atoms with Crippen LogP contribution in [0.1, 0.15) is 25.8 Å². The molecule has 2 N–H and O–H groups in total.